The van der Waals surface area contributed by atoms with Crippen LogP contribution >= 0.6 is 12.2 Å². The maximum absolute atomic E-state index is 5.64. The number of aromatic nitrogens is 3. The Morgan fingerprint density at radius 1 is 1.40 bits per heavy atom. The molecule has 1 N–H and O–H groups in total. The number of aromatic amines is 1. The molecule has 2 aromatic rings. The standard InChI is InChI=1S/C16H21N3S/c1-15(2)10-4-6-16(3,8-10)13(15)19-12-5-7-17-9-11(12)18-14(19)20/h5,7,9-10,13H,4,6,8H2,1-3H3,(H,18,20). The number of H-pyrrole nitrogens is 1. The first-order valence-corrected chi connectivity index (χ1v) is 7.88. The summed E-state index contributed by atoms with van der Waals surface area (Å²) in [5, 5.41) is 0. The summed E-state index contributed by atoms with van der Waals surface area (Å²) in [4.78, 5) is 7.54. The van der Waals surface area contributed by atoms with E-state index in [-0.39, 0.29) is 0 Å². The van der Waals surface area contributed by atoms with Gasteiger partial charge >= 0.3 is 0 Å². The van der Waals surface area contributed by atoms with Gasteiger partial charge in [0.1, 0.15) is 0 Å². The van der Waals surface area contributed by atoms with Crippen LogP contribution < -0.4 is 0 Å². The maximum Gasteiger partial charge on any atom is 0.178 e. The van der Waals surface area contributed by atoms with E-state index in [1.54, 1.807) is 0 Å². The van der Waals surface area contributed by atoms with Crippen molar-refractivity contribution in [2.45, 2.75) is 46.1 Å². The average Bonchev–Trinajstić information content (AvgIpc) is 2.97. The molecule has 2 heterocycles. The molecule has 3 nitrogen and oxygen atoms in total. The van der Waals surface area contributed by atoms with Crippen molar-refractivity contribution in [3.8, 4) is 0 Å². The van der Waals surface area contributed by atoms with Crippen molar-refractivity contribution >= 4 is 23.3 Å². The summed E-state index contributed by atoms with van der Waals surface area (Å²) in [6.07, 6.45) is 7.78. The predicted molar refractivity (Wildman–Crippen MR) is 83.2 cm³/mol. The molecule has 0 radical (unpaired) electrons. The zero-order valence-electron chi connectivity index (χ0n) is 12.3. The van der Waals surface area contributed by atoms with Gasteiger partial charge in [0.2, 0.25) is 0 Å². The molecular formula is C16H21N3S. The molecule has 20 heavy (non-hydrogen) atoms. The van der Waals surface area contributed by atoms with Crippen LogP contribution in [0.2, 0.25) is 0 Å². The van der Waals surface area contributed by atoms with Gasteiger partial charge in [-0.05, 0) is 54.3 Å². The van der Waals surface area contributed by atoms with E-state index in [2.05, 4.69) is 41.4 Å². The van der Waals surface area contributed by atoms with Gasteiger partial charge in [-0.1, -0.05) is 20.8 Å². The van der Waals surface area contributed by atoms with Gasteiger partial charge < -0.3 is 9.55 Å². The number of nitrogens with zero attached hydrogens (tertiary/aromatic N) is 2. The first-order valence-electron chi connectivity index (χ1n) is 7.48. The van der Waals surface area contributed by atoms with Crippen LogP contribution in [0.4, 0.5) is 0 Å². The van der Waals surface area contributed by atoms with Crippen molar-refractivity contribution in [2.75, 3.05) is 0 Å². The number of fused-ring (bicyclic) bond motifs is 3. The molecule has 2 saturated carbocycles. The Balaban J connectivity index is 2.00. The lowest BCUT2D eigenvalue weighted by Crippen LogP contribution is -2.37. The average molecular weight is 287 g/mol. The number of pyridine rings is 1. The number of hydrogen-bond donors (Lipinski definition) is 1. The fraction of sp³-hybridized carbons (Fsp3) is 0.625. The second-order valence-corrected chi connectivity index (χ2v) is 7.90. The van der Waals surface area contributed by atoms with E-state index in [0.717, 1.165) is 16.2 Å². The van der Waals surface area contributed by atoms with E-state index >= 15 is 0 Å². The van der Waals surface area contributed by atoms with Crippen molar-refractivity contribution in [1.29, 1.82) is 0 Å². The van der Waals surface area contributed by atoms with Crippen LogP contribution in [0.5, 0.6) is 0 Å². The van der Waals surface area contributed by atoms with Crippen LogP contribution in [0.25, 0.3) is 11.0 Å². The van der Waals surface area contributed by atoms with Crippen molar-refractivity contribution in [1.82, 2.24) is 14.5 Å². The first-order chi connectivity index (χ1) is 9.43. The lowest BCUT2D eigenvalue weighted by molar-refractivity contribution is 0.0855. The summed E-state index contributed by atoms with van der Waals surface area (Å²) in [7, 11) is 0. The highest BCUT2D eigenvalue weighted by Crippen LogP contribution is 2.68. The maximum atomic E-state index is 5.64. The molecule has 2 aliphatic rings. The molecule has 2 aliphatic carbocycles. The van der Waals surface area contributed by atoms with Crippen molar-refractivity contribution in [3.05, 3.63) is 23.2 Å². The Hall–Kier alpha value is -1.16. The Bertz CT molecular complexity index is 737. The third-order valence-corrected chi connectivity index (χ3v) is 6.27. The van der Waals surface area contributed by atoms with E-state index in [1.807, 2.05) is 12.4 Å². The summed E-state index contributed by atoms with van der Waals surface area (Å²) < 4.78 is 3.23. The van der Waals surface area contributed by atoms with Crippen molar-refractivity contribution in [2.24, 2.45) is 16.7 Å². The van der Waals surface area contributed by atoms with Crippen LogP contribution in [0.1, 0.15) is 46.1 Å². The lowest BCUT2D eigenvalue weighted by Gasteiger charge is -2.43. The SMILES string of the molecule is CC12CCC(C1)C(C)(C)C2n1c(=S)[nH]c2cnccc21. The normalized spacial score (nSPS) is 35.0. The molecule has 3 atom stereocenters. The summed E-state index contributed by atoms with van der Waals surface area (Å²) in [5.74, 6) is 0.825. The molecule has 0 saturated heterocycles. The van der Waals surface area contributed by atoms with Gasteiger partial charge in [0.25, 0.3) is 0 Å². The second kappa shape index (κ2) is 3.73. The van der Waals surface area contributed by atoms with Gasteiger partial charge in [-0.2, -0.15) is 0 Å². The molecule has 2 aromatic heterocycles. The van der Waals surface area contributed by atoms with E-state index in [9.17, 15) is 0 Å². The number of imidazole rings is 1. The molecular weight excluding hydrogens is 266 g/mol. The van der Waals surface area contributed by atoms with Crippen LogP contribution in [-0.4, -0.2) is 14.5 Å². The zero-order valence-corrected chi connectivity index (χ0v) is 13.1. The molecule has 0 aliphatic heterocycles. The number of nitrogens with one attached hydrogen (secondary N) is 1. The fourth-order valence-corrected chi connectivity index (χ4v) is 5.47. The van der Waals surface area contributed by atoms with Crippen LogP contribution in [0, 0.1) is 21.5 Å². The molecule has 3 unspecified atom stereocenters. The minimum Gasteiger partial charge on any atom is -0.329 e. The third kappa shape index (κ3) is 1.40. The summed E-state index contributed by atoms with van der Waals surface area (Å²) >= 11 is 5.64. The Morgan fingerprint density at radius 2 is 2.20 bits per heavy atom. The minimum absolute atomic E-state index is 0.309. The van der Waals surface area contributed by atoms with E-state index in [1.165, 1.54) is 24.8 Å². The highest BCUT2D eigenvalue weighted by Gasteiger charge is 2.60. The van der Waals surface area contributed by atoms with Crippen LogP contribution in [-0.2, 0) is 0 Å². The summed E-state index contributed by atoms with van der Waals surface area (Å²) in [6, 6.07) is 2.57. The largest absolute Gasteiger partial charge is 0.329 e. The Kier molecular flexibility index (Phi) is 2.34. The molecule has 4 rings (SSSR count). The fourth-order valence-electron chi connectivity index (χ4n) is 5.15. The molecule has 2 bridgehead atoms. The predicted octanol–water partition coefficient (Wildman–Crippen LogP) is 4.48. The first kappa shape index (κ1) is 12.6. The van der Waals surface area contributed by atoms with Gasteiger partial charge in [-0.25, -0.2) is 0 Å². The molecule has 0 spiro atoms. The molecule has 0 amide bonds. The zero-order chi connectivity index (χ0) is 14.1. The lowest BCUT2D eigenvalue weighted by atomic mass is 9.68. The van der Waals surface area contributed by atoms with Gasteiger partial charge in [0, 0.05) is 12.2 Å². The Morgan fingerprint density at radius 3 is 2.90 bits per heavy atom. The van der Waals surface area contributed by atoms with Crippen molar-refractivity contribution < 1.29 is 0 Å². The molecule has 4 heteroatoms. The van der Waals surface area contributed by atoms with E-state index in [4.69, 9.17) is 12.2 Å². The van der Waals surface area contributed by atoms with E-state index in [0.29, 0.717) is 16.9 Å². The van der Waals surface area contributed by atoms with Gasteiger partial charge in [0.15, 0.2) is 4.77 Å². The highest BCUT2D eigenvalue weighted by atomic mass is 32.1. The quantitative estimate of drug-likeness (QED) is 0.784. The van der Waals surface area contributed by atoms with E-state index < -0.39 is 0 Å². The van der Waals surface area contributed by atoms with Crippen LogP contribution in [0.15, 0.2) is 18.5 Å². The van der Waals surface area contributed by atoms with Gasteiger partial charge in [-0.3, -0.25) is 4.98 Å². The molecule has 2 fully saturated rings. The summed E-state index contributed by atoms with van der Waals surface area (Å²) in [5.41, 5.74) is 2.95. The monoisotopic (exact) mass is 287 g/mol. The number of rotatable bonds is 1. The number of hydrogen-bond acceptors (Lipinski definition) is 2. The van der Waals surface area contributed by atoms with Crippen molar-refractivity contribution in [3.63, 3.8) is 0 Å². The minimum atomic E-state index is 0.309. The smallest absolute Gasteiger partial charge is 0.178 e. The third-order valence-electron chi connectivity index (χ3n) is 5.97. The van der Waals surface area contributed by atoms with Crippen LogP contribution in [0.3, 0.4) is 0 Å². The highest BCUT2D eigenvalue weighted by molar-refractivity contribution is 7.71. The Labute approximate surface area is 124 Å². The second-order valence-electron chi connectivity index (χ2n) is 7.51. The van der Waals surface area contributed by atoms with Gasteiger partial charge in [0.05, 0.1) is 17.2 Å². The van der Waals surface area contributed by atoms with Gasteiger partial charge in [-0.15, -0.1) is 0 Å². The molecule has 106 valence electrons. The topological polar surface area (TPSA) is 33.6 Å². The molecule has 0 aromatic carbocycles. The summed E-state index contributed by atoms with van der Waals surface area (Å²) in [6.45, 7) is 7.30.